The van der Waals surface area contributed by atoms with E-state index in [0.29, 0.717) is 0 Å². The molecule has 0 radical (unpaired) electrons. The normalized spacial score (nSPS) is 11.5. The third kappa shape index (κ3) is 9.89. The number of halogens is 6. The number of aromatic amines is 1. The second kappa shape index (κ2) is 11.5. The molecule has 0 aliphatic rings. The number of imidazole rings is 1. The lowest BCUT2D eigenvalue weighted by atomic mass is 10.2. The van der Waals surface area contributed by atoms with Crippen molar-refractivity contribution < 1.29 is 50.7 Å². The Morgan fingerprint density at radius 3 is 1.97 bits per heavy atom. The summed E-state index contributed by atoms with van der Waals surface area (Å²) in [5.41, 5.74) is 4.27. The molecule has 0 aliphatic heterocycles. The van der Waals surface area contributed by atoms with E-state index in [0.717, 1.165) is 41.4 Å². The molecule has 9 nitrogen and oxygen atoms in total. The number of carboxylic acid groups (broad SMARTS) is 2. The summed E-state index contributed by atoms with van der Waals surface area (Å²) in [7, 11) is 2.07. The number of carbonyl (C=O) groups is 2. The third-order valence-corrected chi connectivity index (χ3v) is 3.70. The second-order valence-corrected chi connectivity index (χ2v) is 6.89. The van der Waals surface area contributed by atoms with Crippen molar-refractivity contribution in [3.63, 3.8) is 0 Å². The SMILES string of the molecule is Cc1cc(CN(C)Cc2ccc3nc(C)[nH]c3c2)on1.O=C(O)C(F)(F)F.O=C(O)C(F)(F)F. The van der Waals surface area contributed by atoms with Gasteiger partial charge in [0, 0.05) is 12.6 Å². The highest BCUT2D eigenvalue weighted by Crippen LogP contribution is 2.16. The van der Waals surface area contributed by atoms with Gasteiger partial charge in [0.2, 0.25) is 0 Å². The smallest absolute Gasteiger partial charge is 0.475 e. The number of nitrogens with one attached hydrogen (secondary N) is 1. The maximum atomic E-state index is 10.6. The summed E-state index contributed by atoms with van der Waals surface area (Å²) in [6, 6.07) is 8.29. The molecule has 1 aromatic carbocycles. The van der Waals surface area contributed by atoms with Gasteiger partial charge < -0.3 is 19.7 Å². The van der Waals surface area contributed by atoms with Crippen LogP contribution >= 0.6 is 0 Å². The Morgan fingerprint density at radius 2 is 1.53 bits per heavy atom. The number of aromatic nitrogens is 3. The number of rotatable bonds is 4. The minimum atomic E-state index is -5.08. The fraction of sp³-hybridized carbons (Fsp3) is 0.368. The van der Waals surface area contributed by atoms with Gasteiger partial charge in [-0.05, 0) is 38.6 Å². The quantitative estimate of drug-likeness (QED) is 0.459. The molecule has 3 aromatic rings. The van der Waals surface area contributed by atoms with Gasteiger partial charge in [-0.3, -0.25) is 4.90 Å². The molecule has 15 heteroatoms. The number of hydrogen-bond acceptors (Lipinski definition) is 6. The average Bonchev–Trinajstić information content (AvgIpc) is 3.24. The first-order valence-electron chi connectivity index (χ1n) is 9.15. The highest BCUT2D eigenvalue weighted by Gasteiger charge is 2.38. The Labute approximate surface area is 188 Å². The van der Waals surface area contributed by atoms with Gasteiger partial charge in [0.05, 0.1) is 23.3 Å². The molecule has 0 saturated carbocycles. The van der Waals surface area contributed by atoms with Gasteiger partial charge in [-0.15, -0.1) is 0 Å². The number of nitrogens with zero attached hydrogens (tertiary/aromatic N) is 3. The molecule has 34 heavy (non-hydrogen) atoms. The lowest BCUT2D eigenvalue weighted by molar-refractivity contribution is -0.193. The molecule has 0 saturated heterocycles. The maximum absolute atomic E-state index is 10.6. The van der Waals surface area contributed by atoms with Gasteiger partial charge in [0.1, 0.15) is 5.82 Å². The summed E-state index contributed by atoms with van der Waals surface area (Å²) in [4.78, 5) is 27.7. The molecule has 0 aliphatic carbocycles. The fourth-order valence-electron chi connectivity index (χ4n) is 2.41. The number of benzene rings is 1. The lowest BCUT2D eigenvalue weighted by Gasteiger charge is -2.14. The van der Waals surface area contributed by atoms with Crippen LogP contribution in [-0.4, -0.2) is 61.6 Å². The number of aliphatic carboxylic acids is 2. The van der Waals surface area contributed by atoms with Gasteiger partial charge in [-0.25, -0.2) is 14.6 Å². The van der Waals surface area contributed by atoms with Gasteiger partial charge in [0.15, 0.2) is 5.76 Å². The molecule has 2 heterocycles. The molecular weight excluding hydrogens is 478 g/mol. The second-order valence-electron chi connectivity index (χ2n) is 6.89. The topological polar surface area (TPSA) is 133 Å². The zero-order valence-electron chi connectivity index (χ0n) is 18.0. The number of carboxylic acids is 2. The van der Waals surface area contributed by atoms with E-state index in [-0.39, 0.29) is 0 Å². The van der Waals surface area contributed by atoms with Crippen LogP contribution in [-0.2, 0) is 22.7 Å². The van der Waals surface area contributed by atoms with Crippen molar-refractivity contribution in [2.75, 3.05) is 7.05 Å². The van der Waals surface area contributed by atoms with E-state index in [1.165, 1.54) is 5.56 Å². The maximum Gasteiger partial charge on any atom is 0.490 e. The molecule has 0 bridgehead atoms. The van der Waals surface area contributed by atoms with Crippen LogP contribution in [0, 0.1) is 13.8 Å². The van der Waals surface area contributed by atoms with Gasteiger partial charge >= 0.3 is 24.3 Å². The van der Waals surface area contributed by atoms with Crippen molar-refractivity contribution >= 4 is 23.0 Å². The summed E-state index contributed by atoms with van der Waals surface area (Å²) in [5, 5.41) is 18.2. The van der Waals surface area contributed by atoms with E-state index < -0.39 is 24.3 Å². The van der Waals surface area contributed by atoms with Crippen LogP contribution in [0.4, 0.5) is 26.3 Å². The Bertz CT molecular complexity index is 1080. The molecule has 188 valence electrons. The highest BCUT2D eigenvalue weighted by atomic mass is 19.4. The molecular formula is C19H20F6N4O5. The van der Waals surface area contributed by atoms with E-state index in [2.05, 4.69) is 45.3 Å². The first kappa shape index (κ1) is 28.4. The van der Waals surface area contributed by atoms with Crippen molar-refractivity contribution in [1.82, 2.24) is 20.0 Å². The number of fused-ring (bicyclic) bond motifs is 1. The lowest BCUT2D eigenvalue weighted by Crippen LogP contribution is -2.21. The first-order chi connectivity index (χ1) is 15.5. The standard InChI is InChI=1S/C15H18N4O.2C2HF3O2/c1-10-6-13(20-18-10)9-19(3)8-12-4-5-14-15(7-12)17-11(2)16-14;2*3-2(4,5)1(6)7/h4-7H,8-9H2,1-3H3,(H,16,17);2*(H,6,7). The van der Waals surface area contributed by atoms with Crippen molar-refractivity contribution in [2.45, 2.75) is 39.3 Å². The predicted octanol–water partition coefficient (Wildman–Crippen LogP) is 4.07. The Morgan fingerprint density at radius 1 is 1.00 bits per heavy atom. The highest BCUT2D eigenvalue weighted by molar-refractivity contribution is 5.75. The fourth-order valence-corrected chi connectivity index (χ4v) is 2.41. The minimum Gasteiger partial charge on any atom is -0.475 e. The van der Waals surface area contributed by atoms with Gasteiger partial charge in [-0.2, -0.15) is 26.3 Å². The molecule has 0 unspecified atom stereocenters. The van der Waals surface area contributed by atoms with Gasteiger partial charge in [0.25, 0.3) is 0 Å². The van der Waals surface area contributed by atoms with Crippen molar-refractivity contribution in [2.24, 2.45) is 0 Å². The van der Waals surface area contributed by atoms with Crippen LogP contribution < -0.4 is 0 Å². The molecule has 0 fully saturated rings. The van der Waals surface area contributed by atoms with E-state index in [1.54, 1.807) is 0 Å². The summed E-state index contributed by atoms with van der Waals surface area (Å²) < 4.78 is 68.7. The Hall–Kier alpha value is -3.62. The minimum absolute atomic E-state index is 0.751. The van der Waals surface area contributed by atoms with Crippen LogP contribution in [0.15, 0.2) is 28.8 Å². The third-order valence-electron chi connectivity index (χ3n) is 3.70. The zero-order chi connectivity index (χ0) is 26.3. The van der Waals surface area contributed by atoms with Crippen LogP contribution in [0.2, 0.25) is 0 Å². The Balaban J connectivity index is 0.000000343. The number of hydrogen-bond donors (Lipinski definition) is 3. The largest absolute Gasteiger partial charge is 0.490 e. The van der Waals surface area contributed by atoms with E-state index in [9.17, 15) is 26.3 Å². The van der Waals surface area contributed by atoms with E-state index >= 15 is 0 Å². The molecule has 0 amide bonds. The van der Waals surface area contributed by atoms with Crippen LogP contribution in [0.1, 0.15) is 22.8 Å². The molecule has 2 aromatic heterocycles. The van der Waals surface area contributed by atoms with Crippen LogP contribution in [0.3, 0.4) is 0 Å². The van der Waals surface area contributed by atoms with Crippen LogP contribution in [0.5, 0.6) is 0 Å². The summed E-state index contributed by atoms with van der Waals surface area (Å²) in [5.74, 6) is -3.67. The first-order valence-corrected chi connectivity index (χ1v) is 9.15. The summed E-state index contributed by atoms with van der Waals surface area (Å²) in [6.07, 6.45) is -10.2. The van der Waals surface area contributed by atoms with E-state index in [4.69, 9.17) is 24.3 Å². The number of H-pyrrole nitrogens is 1. The molecule has 0 spiro atoms. The average molecular weight is 498 g/mol. The Kier molecular flexibility index (Phi) is 9.60. The predicted molar refractivity (Wildman–Crippen MR) is 105 cm³/mol. The summed E-state index contributed by atoms with van der Waals surface area (Å²) >= 11 is 0. The molecule has 3 rings (SSSR count). The van der Waals surface area contributed by atoms with Crippen molar-refractivity contribution in [3.05, 3.63) is 47.1 Å². The van der Waals surface area contributed by atoms with Crippen LogP contribution in [0.25, 0.3) is 11.0 Å². The molecule has 3 N–H and O–H groups in total. The molecule has 0 atom stereocenters. The zero-order valence-corrected chi connectivity index (χ0v) is 18.0. The van der Waals surface area contributed by atoms with E-state index in [1.807, 2.05) is 19.9 Å². The summed E-state index contributed by atoms with van der Waals surface area (Å²) in [6.45, 7) is 5.51. The van der Waals surface area contributed by atoms with Crippen molar-refractivity contribution in [3.8, 4) is 0 Å². The van der Waals surface area contributed by atoms with Crippen molar-refractivity contribution in [1.29, 1.82) is 0 Å². The number of alkyl halides is 6. The van der Waals surface area contributed by atoms with Gasteiger partial charge in [-0.1, -0.05) is 11.2 Å². The number of aryl methyl sites for hydroxylation is 2. The monoisotopic (exact) mass is 498 g/mol.